The first-order chi connectivity index (χ1) is 14.9. The molecule has 1 aliphatic rings. The molecule has 1 unspecified atom stereocenters. The summed E-state index contributed by atoms with van der Waals surface area (Å²) in [5.74, 6) is -0.613. The average molecular weight is 431 g/mol. The van der Waals surface area contributed by atoms with Gasteiger partial charge in [0.15, 0.2) is 5.76 Å². The maximum Gasteiger partial charge on any atom is 0.419 e. The third-order valence-electron chi connectivity index (χ3n) is 5.13. The molecule has 1 fully saturated rings. The fourth-order valence-electron chi connectivity index (χ4n) is 3.61. The van der Waals surface area contributed by atoms with Crippen molar-refractivity contribution in [2.45, 2.75) is 25.6 Å². The number of benzene rings is 1. The number of rotatable bonds is 5. The van der Waals surface area contributed by atoms with E-state index in [1.165, 1.54) is 17.2 Å². The van der Waals surface area contributed by atoms with Gasteiger partial charge in [-0.05, 0) is 25.0 Å². The van der Waals surface area contributed by atoms with Gasteiger partial charge in [0.05, 0.1) is 11.5 Å². The summed E-state index contributed by atoms with van der Waals surface area (Å²) >= 11 is 0. The molecule has 1 saturated heterocycles. The zero-order chi connectivity index (χ0) is 21.8. The molecule has 9 heteroatoms. The number of anilines is 1. The lowest BCUT2D eigenvalue weighted by Gasteiger charge is -2.33. The van der Waals surface area contributed by atoms with Crippen molar-refractivity contribution in [3.8, 4) is 11.3 Å². The van der Waals surface area contributed by atoms with Crippen LogP contribution in [0.25, 0.3) is 11.3 Å². The van der Waals surface area contributed by atoms with Crippen LogP contribution in [0.3, 0.4) is 0 Å². The molecule has 3 aromatic rings. The molecule has 1 atom stereocenters. The van der Waals surface area contributed by atoms with Crippen LogP contribution in [-0.4, -0.2) is 29.2 Å². The fourth-order valence-corrected chi connectivity index (χ4v) is 3.61. The van der Waals surface area contributed by atoms with Crippen molar-refractivity contribution in [2.24, 2.45) is 5.92 Å². The van der Waals surface area contributed by atoms with Crippen molar-refractivity contribution < 1.29 is 27.2 Å². The Kier molecular flexibility index (Phi) is 5.92. The molecular formula is C22H20F3N3O3. The van der Waals surface area contributed by atoms with E-state index in [4.69, 9.17) is 9.26 Å². The number of alkyl halides is 3. The van der Waals surface area contributed by atoms with Crippen LogP contribution in [0.1, 0.15) is 24.1 Å². The van der Waals surface area contributed by atoms with Gasteiger partial charge in [0, 0.05) is 30.9 Å². The van der Waals surface area contributed by atoms with Crippen LogP contribution in [0.2, 0.25) is 0 Å². The number of nitrogens with zero attached hydrogens (tertiary/aromatic N) is 3. The molecule has 2 aromatic heterocycles. The van der Waals surface area contributed by atoms with Crippen LogP contribution < -0.4 is 4.90 Å². The van der Waals surface area contributed by atoms with E-state index in [1.807, 2.05) is 30.3 Å². The second-order valence-corrected chi connectivity index (χ2v) is 7.31. The van der Waals surface area contributed by atoms with Crippen LogP contribution in [0.4, 0.5) is 19.0 Å². The predicted molar refractivity (Wildman–Crippen MR) is 106 cm³/mol. The quantitative estimate of drug-likeness (QED) is 0.545. The summed E-state index contributed by atoms with van der Waals surface area (Å²) < 4.78 is 50.6. The average Bonchev–Trinajstić information content (AvgIpc) is 3.27. The zero-order valence-corrected chi connectivity index (χ0v) is 16.5. The summed E-state index contributed by atoms with van der Waals surface area (Å²) in [6.07, 6.45) is -2.09. The van der Waals surface area contributed by atoms with E-state index in [0.29, 0.717) is 30.8 Å². The summed E-state index contributed by atoms with van der Waals surface area (Å²) in [5, 5.41) is 3.91. The monoisotopic (exact) mass is 431 g/mol. The molecule has 0 spiro atoms. The number of piperidine rings is 1. The van der Waals surface area contributed by atoms with Gasteiger partial charge in [0.25, 0.3) is 0 Å². The van der Waals surface area contributed by atoms with E-state index in [1.54, 1.807) is 6.07 Å². The Labute approximate surface area is 176 Å². The van der Waals surface area contributed by atoms with Gasteiger partial charge in [0.2, 0.25) is 0 Å². The maximum absolute atomic E-state index is 13.3. The lowest BCUT2D eigenvalue weighted by atomic mass is 9.97. The summed E-state index contributed by atoms with van der Waals surface area (Å²) in [5.41, 5.74) is 0.510. The Bertz CT molecular complexity index is 1040. The van der Waals surface area contributed by atoms with E-state index in [-0.39, 0.29) is 19.0 Å². The standard InChI is InChI=1S/C22H20F3N3O3/c23-22(24,25)18-9-4-10-26-20(18)28-11-5-8-16(13-28)21(29)30-14-17-12-19(31-27-17)15-6-2-1-3-7-15/h1-4,6-7,9-10,12,16H,5,8,11,13-14H2. The third kappa shape index (κ3) is 4.87. The van der Waals surface area contributed by atoms with E-state index in [9.17, 15) is 18.0 Å². The molecule has 3 heterocycles. The van der Waals surface area contributed by atoms with Crippen LogP contribution >= 0.6 is 0 Å². The van der Waals surface area contributed by atoms with Crippen molar-refractivity contribution >= 4 is 11.8 Å². The van der Waals surface area contributed by atoms with E-state index >= 15 is 0 Å². The normalized spacial score (nSPS) is 16.9. The second kappa shape index (κ2) is 8.79. The number of halogens is 3. The van der Waals surface area contributed by atoms with E-state index in [2.05, 4.69) is 10.1 Å². The molecule has 0 N–H and O–H groups in total. The minimum atomic E-state index is -4.51. The number of carbonyl (C=O) groups is 1. The SMILES string of the molecule is O=C(OCc1cc(-c2ccccc2)on1)C1CCCN(c2ncccc2C(F)(F)F)C1. The maximum atomic E-state index is 13.3. The molecule has 0 aliphatic carbocycles. The highest BCUT2D eigenvalue weighted by atomic mass is 19.4. The third-order valence-corrected chi connectivity index (χ3v) is 5.13. The first kappa shape index (κ1) is 20.9. The topological polar surface area (TPSA) is 68.5 Å². The Morgan fingerprint density at radius 2 is 2.00 bits per heavy atom. The van der Waals surface area contributed by atoms with Crippen molar-refractivity contribution in [1.29, 1.82) is 0 Å². The molecule has 1 aliphatic heterocycles. The lowest BCUT2D eigenvalue weighted by molar-refractivity contribution is -0.150. The Morgan fingerprint density at radius 1 is 1.19 bits per heavy atom. The first-order valence-electron chi connectivity index (χ1n) is 9.86. The molecule has 4 rings (SSSR count). The van der Waals surface area contributed by atoms with Gasteiger partial charge < -0.3 is 14.2 Å². The number of hydrogen-bond donors (Lipinski definition) is 0. The van der Waals surface area contributed by atoms with Gasteiger partial charge in [0.1, 0.15) is 18.1 Å². The first-order valence-corrected chi connectivity index (χ1v) is 9.86. The second-order valence-electron chi connectivity index (χ2n) is 7.31. The summed E-state index contributed by atoms with van der Waals surface area (Å²) in [4.78, 5) is 18.0. The van der Waals surface area contributed by atoms with Crippen LogP contribution in [-0.2, 0) is 22.3 Å². The fraction of sp³-hybridized carbons (Fsp3) is 0.318. The van der Waals surface area contributed by atoms with Gasteiger partial charge in [-0.15, -0.1) is 0 Å². The van der Waals surface area contributed by atoms with Crippen LogP contribution in [0, 0.1) is 5.92 Å². The van der Waals surface area contributed by atoms with Crippen LogP contribution in [0.15, 0.2) is 59.3 Å². The molecule has 6 nitrogen and oxygen atoms in total. The smallest absolute Gasteiger partial charge is 0.419 e. The number of hydrogen-bond acceptors (Lipinski definition) is 6. The molecule has 0 radical (unpaired) electrons. The number of ether oxygens (including phenoxy) is 1. The van der Waals surface area contributed by atoms with Gasteiger partial charge in [-0.3, -0.25) is 4.79 Å². The lowest BCUT2D eigenvalue weighted by Crippen LogP contribution is -2.40. The molecule has 31 heavy (non-hydrogen) atoms. The predicted octanol–water partition coefficient (Wildman–Crippen LogP) is 4.72. The number of pyridine rings is 1. The van der Waals surface area contributed by atoms with E-state index < -0.39 is 23.6 Å². The largest absolute Gasteiger partial charge is 0.459 e. The zero-order valence-electron chi connectivity index (χ0n) is 16.5. The molecule has 0 amide bonds. The van der Waals surface area contributed by atoms with Gasteiger partial charge in [-0.2, -0.15) is 13.2 Å². The highest BCUT2D eigenvalue weighted by Gasteiger charge is 2.37. The minimum absolute atomic E-state index is 0.0664. The molecular weight excluding hydrogens is 411 g/mol. The molecule has 162 valence electrons. The highest BCUT2D eigenvalue weighted by Crippen LogP contribution is 2.36. The molecule has 0 bridgehead atoms. The van der Waals surface area contributed by atoms with Gasteiger partial charge in [-0.1, -0.05) is 35.5 Å². The summed E-state index contributed by atoms with van der Waals surface area (Å²) in [6, 6.07) is 13.3. The Balaban J connectivity index is 1.38. The van der Waals surface area contributed by atoms with Crippen LogP contribution in [0.5, 0.6) is 0 Å². The minimum Gasteiger partial charge on any atom is -0.459 e. The van der Waals surface area contributed by atoms with Crippen molar-refractivity contribution in [2.75, 3.05) is 18.0 Å². The Morgan fingerprint density at radius 3 is 2.77 bits per heavy atom. The van der Waals surface area contributed by atoms with Gasteiger partial charge >= 0.3 is 12.1 Å². The van der Waals surface area contributed by atoms with E-state index in [0.717, 1.165) is 11.6 Å². The summed E-state index contributed by atoms with van der Waals surface area (Å²) in [6.45, 7) is 0.448. The number of esters is 1. The van der Waals surface area contributed by atoms with Crippen molar-refractivity contribution in [3.05, 3.63) is 66.0 Å². The summed E-state index contributed by atoms with van der Waals surface area (Å²) in [7, 11) is 0. The Hall–Kier alpha value is -3.36. The number of carbonyl (C=O) groups excluding carboxylic acids is 1. The number of aromatic nitrogens is 2. The highest BCUT2D eigenvalue weighted by molar-refractivity contribution is 5.73. The van der Waals surface area contributed by atoms with Crippen molar-refractivity contribution in [1.82, 2.24) is 10.1 Å². The molecule has 1 aromatic carbocycles. The molecule has 0 saturated carbocycles. The van der Waals surface area contributed by atoms with Gasteiger partial charge in [-0.25, -0.2) is 4.98 Å². The van der Waals surface area contributed by atoms with Crippen molar-refractivity contribution in [3.63, 3.8) is 0 Å².